The van der Waals surface area contributed by atoms with E-state index >= 15 is 0 Å². The average Bonchev–Trinajstić information content (AvgIpc) is 3.26. The Bertz CT molecular complexity index is 1070. The molecule has 0 saturated carbocycles. The number of amides is 1. The maximum Gasteiger partial charge on any atom is 0.222 e. The van der Waals surface area contributed by atoms with Crippen LogP contribution in [0, 0.1) is 5.92 Å². The van der Waals surface area contributed by atoms with Crippen molar-refractivity contribution in [2.75, 3.05) is 25.4 Å². The third-order valence-corrected chi connectivity index (χ3v) is 5.58. The van der Waals surface area contributed by atoms with E-state index in [9.17, 15) is 4.79 Å². The number of imidazole rings is 1. The largest absolute Gasteiger partial charge is 0.492 e. The second kappa shape index (κ2) is 8.50. The highest BCUT2D eigenvalue weighted by Crippen LogP contribution is 2.32. The lowest BCUT2D eigenvalue weighted by molar-refractivity contribution is -0.128. The van der Waals surface area contributed by atoms with Gasteiger partial charge < -0.3 is 19.9 Å². The number of ether oxygens (including phenoxy) is 1. The Labute approximate surface area is 177 Å². The van der Waals surface area contributed by atoms with Crippen molar-refractivity contribution < 1.29 is 9.53 Å². The van der Waals surface area contributed by atoms with Crippen LogP contribution in [-0.2, 0) is 17.8 Å². The van der Waals surface area contributed by atoms with E-state index in [1.807, 2.05) is 17.0 Å². The van der Waals surface area contributed by atoms with Crippen molar-refractivity contribution >= 4 is 33.7 Å². The molecule has 0 bridgehead atoms. The Morgan fingerprint density at radius 1 is 1.27 bits per heavy atom. The maximum absolute atomic E-state index is 11.7. The van der Waals surface area contributed by atoms with Crippen LogP contribution in [0.2, 0.25) is 0 Å². The number of aryl methyl sites for hydroxylation is 1. The third-order valence-electron chi connectivity index (χ3n) is 5.58. The first-order valence-electron chi connectivity index (χ1n) is 11.0. The zero-order chi connectivity index (χ0) is 21.3. The minimum Gasteiger partial charge on any atom is -0.492 e. The number of likely N-dealkylation sites (tertiary alicyclic amines) is 1. The van der Waals surface area contributed by atoms with E-state index in [0.29, 0.717) is 31.3 Å². The number of fused-ring (bicyclic) bond motifs is 3. The Hall–Kier alpha value is -2.83. The summed E-state index contributed by atoms with van der Waals surface area (Å²) >= 11 is 0. The monoisotopic (exact) mass is 409 g/mol. The lowest BCUT2D eigenvalue weighted by Gasteiger charge is -2.16. The van der Waals surface area contributed by atoms with E-state index in [-0.39, 0.29) is 5.91 Å². The van der Waals surface area contributed by atoms with Gasteiger partial charge in [0.2, 0.25) is 5.91 Å². The number of aromatic nitrogens is 3. The topological polar surface area (TPSA) is 86.3 Å². The number of benzene rings is 1. The molecule has 1 aliphatic heterocycles. The summed E-state index contributed by atoms with van der Waals surface area (Å²) in [5.41, 5.74) is 8.96. The van der Waals surface area contributed by atoms with Gasteiger partial charge in [0.1, 0.15) is 23.7 Å². The molecule has 0 aliphatic carbocycles. The van der Waals surface area contributed by atoms with Gasteiger partial charge in [-0.1, -0.05) is 20.8 Å². The molecule has 7 heteroatoms. The van der Waals surface area contributed by atoms with E-state index < -0.39 is 0 Å². The average molecular weight is 410 g/mol. The first-order chi connectivity index (χ1) is 14.5. The highest BCUT2D eigenvalue weighted by Gasteiger charge is 2.20. The summed E-state index contributed by atoms with van der Waals surface area (Å²) in [4.78, 5) is 23.1. The van der Waals surface area contributed by atoms with E-state index in [4.69, 9.17) is 15.5 Å². The molecule has 0 atom stereocenters. The van der Waals surface area contributed by atoms with Crippen molar-refractivity contribution in [3.8, 4) is 5.75 Å². The maximum atomic E-state index is 11.7. The number of carbonyl (C=O) groups is 1. The lowest BCUT2D eigenvalue weighted by atomic mass is 10.1. The summed E-state index contributed by atoms with van der Waals surface area (Å²) in [5.74, 6) is 2.98. The van der Waals surface area contributed by atoms with Crippen LogP contribution in [0.15, 0.2) is 18.2 Å². The smallest absolute Gasteiger partial charge is 0.222 e. The lowest BCUT2D eigenvalue weighted by Crippen LogP contribution is -2.29. The van der Waals surface area contributed by atoms with Crippen LogP contribution in [-0.4, -0.2) is 45.0 Å². The van der Waals surface area contributed by atoms with Crippen molar-refractivity contribution in [2.24, 2.45) is 5.92 Å². The SMILES string of the molecule is CCCc1nc2c(N)nc3cc(OCCN4CCCC4=O)ccc3c2n1CC(C)C. The third kappa shape index (κ3) is 3.93. The van der Waals surface area contributed by atoms with Crippen LogP contribution in [0.4, 0.5) is 5.82 Å². The molecule has 1 aliphatic rings. The van der Waals surface area contributed by atoms with Gasteiger partial charge in [-0.15, -0.1) is 0 Å². The quantitative estimate of drug-likeness (QED) is 0.612. The highest BCUT2D eigenvalue weighted by molar-refractivity contribution is 6.06. The molecule has 0 radical (unpaired) electrons. The molecule has 2 N–H and O–H groups in total. The van der Waals surface area contributed by atoms with E-state index in [1.54, 1.807) is 0 Å². The number of hydrogen-bond donors (Lipinski definition) is 1. The Morgan fingerprint density at radius 3 is 2.80 bits per heavy atom. The Balaban J connectivity index is 1.66. The minimum absolute atomic E-state index is 0.218. The van der Waals surface area contributed by atoms with E-state index in [2.05, 4.69) is 36.4 Å². The molecular weight excluding hydrogens is 378 g/mol. The molecule has 0 spiro atoms. The van der Waals surface area contributed by atoms with Crippen molar-refractivity contribution in [3.63, 3.8) is 0 Å². The number of nitrogen functional groups attached to an aromatic ring is 1. The van der Waals surface area contributed by atoms with Gasteiger partial charge in [-0.05, 0) is 30.9 Å². The van der Waals surface area contributed by atoms with Gasteiger partial charge in [-0.3, -0.25) is 4.79 Å². The molecule has 4 rings (SSSR count). The van der Waals surface area contributed by atoms with Crippen LogP contribution in [0.1, 0.15) is 45.9 Å². The number of nitrogens with two attached hydrogens (primary N) is 1. The van der Waals surface area contributed by atoms with Gasteiger partial charge in [0, 0.05) is 37.4 Å². The van der Waals surface area contributed by atoms with Crippen molar-refractivity contribution in [3.05, 3.63) is 24.0 Å². The summed E-state index contributed by atoms with van der Waals surface area (Å²) in [6.45, 7) is 9.41. The molecule has 30 heavy (non-hydrogen) atoms. The van der Waals surface area contributed by atoms with Gasteiger partial charge in [0.15, 0.2) is 5.82 Å². The molecule has 1 saturated heterocycles. The zero-order valence-corrected chi connectivity index (χ0v) is 18.1. The predicted molar refractivity (Wildman–Crippen MR) is 120 cm³/mol. The number of rotatable bonds is 8. The molecular formula is C23H31N5O2. The van der Waals surface area contributed by atoms with Gasteiger partial charge in [-0.25, -0.2) is 9.97 Å². The van der Waals surface area contributed by atoms with Crippen molar-refractivity contribution in [1.82, 2.24) is 19.4 Å². The number of pyridine rings is 1. The van der Waals surface area contributed by atoms with Crippen LogP contribution in [0.3, 0.4) is 0 Å². The summed E-state index contributed by atoms with van der Waals surface area (Å²) in [7, 11) is 0. The van der Waals surface area contributed by atoms with Gasteiger partial charge in [-0.2, -0.15) is 0 Å². The zero-order valence-electron chi connectivity index (χ0n) is 18.1. The standard InChI is InChI=1S/C23H31N5O2/c1-4-6-19-26-21-22(28(19)14-15(2)3)17-9-8-16(13-18(17)25-23(21)24)30-12-11-27-10-5-7-20(27)29/h8-9,13,15H,4-7,10-12,14H2,1-3H3,(H2,24,25). The fourth-order valence-corrected chi connectivity index (χ4v) is 4.22. The first kappa shape index (κ1) is 20.4. The summed E-state index contributed by atoms with van der Waals surface area (Å²) in [6, 6.07) is 5.95. The van der Waals surface area contributed by atoms with Gasteiger partial charge >= 0.3 is 0 Å². The Morgan fingerprint density at radius 2 is 2.10 bits per heavy atom. The van der Waals surface area contributed by atoms with Crippen LogP contribution in [0.5, 0.6) is 5.75 Å². The highest BCUT2D eigenvalue weighted by atomic mass is 16.5. The summed E-state index contributed by atoms with van der Waals surface area (Å²) in [6.07, 6.45) is 3.54. The summed E-state index contributed by atoms with van der Waals surface area (Å²) in [5, 5.41) is 1.04. The fourth-order valence-electron chi connectivity index (χ4n) is 4.22. The molecule has 0 unspecified atom stereocenters. The molecule has 1 amide bonds. The number of carbonyl (C=O) groups excluding carboxylic acids is 1. The van der Waals surface area contributed by atoms with Crippen molar-refractivity contribution in [2.45, 2.75) is 53.0 Å². The molecule has 7 nitrogen and oxygen atoms in total. The molecule has 1 aromatic carbocycles. The number of hydrogen-bond acceptors (Lipinski definition) is 5. The molecule has 3 aromatic rings. The molecule has 2 aromatic heterocycles. The molecule has 160 valence electrons. The Kier molecular flexibility index (Phi) is 5.79. The molecule has 1 fully saturated rings. The van der Waals surface area contributed by atoms with E-state index in [0.717, 1.165) is 65.9 Å². The van der Waals surface area contributed by atoms with Crippen LogP contribution in [0.25, 0.3) is 21.9 Å². The van der Waals surface area contributed by atoms with Gasteiger partial charge in [0.05, 0.1) is 17.6 Å². The normalized spacial score (nSPS) is 14.5. The minimum atomic E-state index is 0.218. The fraction of sp³-hybridized carbons (Fsp3) is 0.522. The van der Waals surface area contributed by atoms with E-state index in [1.165, 1.54) is 0 Å². The van der Waals surface area contributed by atoms with Crippen LogP contribution >= 0.6 is 0 Å². The number of anilines is 1. The van der Waals surface area contributed by atoms with Gasteiger partial charge in [0.25, 0.3) is 0 Å². The second-order valence-electron chi connectivity index (χ2n) is 8.49. The molecule has 3 heterocycles. The summed E-state index contributed by atoms with van der Waals surface area (Å²) < 4.78 is 8.23. The predicted octanol–water partition coefficient (Wildman–Crippen LogP) is 3.78. The van der Waals surface area contributed by atoms with Crippen molar-refractivity contribution in [1.29, 1.82) is 0 Å². The van der Waals surface area contributed by atoms with Crippen LogP contribution < -0.4 is 10.5 Å². The number of nitrogens with zero attached hydrogens (tertiary/aromatic N) is 4. The first-order valence-corrected chi connectivity index (χ1v) is 11.0. The second-order valence-corrected chi connectivity index (χ2v) is 8.49.